The predicted octanol–water partition coefficient (Wildman–Crippen LogP) is 3.81. The molecular formula is C22H27N5O2. The first-order valence-electron chi connectivity index (χ1n) is 10.1. The maximum absolute atomic E-state index is 5.88. The van der Waals surface area contributed by atoms with Crippen molar-refractivity contribution >= 4 is 5.82 Å². The number of aryl methyl sites for hydroxylation is 1. The summed E-state index contributed by atoms with van der Waals surface area (Å²) in [6.45, 7) is 3.75. The molecule has 29 heavy (non-hydrogen) atoms. The van der Waals surface area contributed by atoms with Crippen molar-refractivity contribution < 1.29 is 9.47 Å². The van der Waals surface area contributed by atoms with Gasteiger partial charge < -0.3 is 14.4 Å². The quantitative estimate of drug-likeness (QED) is 0.542. The Kier molecular flexibility index (Phi) is 5.93. The van der Waals surface area contributed by atoms with Crippen molar-refractivity contribution in [3.8, 4) is 17.4 Å². The lowest BCUT2D eigenvalue weighted by Crippen LogP contribution is -2.30. The maximum atomic E-state index is 5.88. The number of rotatable bonds is 8. The first kappa shape index (κ1) is 19.2. The van der Waals surface area contributed by atoms with Crippen molar-refractivity contribution in [2.75, 3.05) is 25.2 Å². The van der Waals surface area contributed by atoms with Gasteiger partial charge in [0.1, 0.15) is 23.6 Å². The highest BCUT2D eigenvalue weighted by atomic mass is 16.5. The van der Waals surface area contributed by atoms with Crippen molar-refractivity contribution in [1.29, 1.82) is 0 Å². The van der Waals surface area contributed by atoms with Crippen LogP contribution in [-0.2, 0) is 0 Å². The third-order valence-corrected chi connectivity index (χ3v) is 5.25. The van der Waals surface area contributed by atoms with Crippen LogP contribution >= 0.6 is 0 Å². The number of nitrogens with zero attached hydrogens (tertiary/aromatic N) is 5. The monoisotopic (exact) mass is 393 g/mol. The van der Waals surface area contributed by atoms with E-state index in [0.717, 1.165) is 42.4 Å². The molecule has 0 amide bonds. The van der Waals surface area contributed by atoms with E-state index < -0.39 is 0 Å². The Bertz CT molecular complexity index is 911. The Morgan fingerprint density at radius 1 is 1.14 bits per heavy atom. The van der Waals surface area contributed by atoms with E-state index in [-0.39, 0.29) is 0 Å². The Balaban J connectivity index is 1.35. The van der Waals surface area contributed by atoms with Crippen LogP contribution in [0.2, 0.25) is 0 Å². The molecule has 1 atom stereocenters. The van der Waals surface area contributed by atoms with E-state index in [1.54, 1.807) is 19.6 Å². The molecule has 7 heteroatoms. The van der Waals surface area contributed by atoms with Gasteiger partial charge in [0.05, 0.1) is 13.7 Å². The minimum absolute atomic E-state index is 0.486. The minimum atomic E-state index is 0.486. The molecule has 1 unspecified atom stereocenters. The number of hydrogen-bond acceptors (Lipinski definition) is 6. The Morgan fingerprint density at radius 2 is 1.97 bits per heavy atom. The van der Waals surface area contributed by atoms with Crippen LogP contribution in [0.15, 0.2) is 49.1 Å². The van der Waals surface area contributed by atoms with E-state index in [1.165, 1.54) is 12.8 Å². The number of anilines is 1. The maximum Gasteiger partial charge on any atom is 0.237 e. The second kappa shape index (κ2) is 8.94. The third kappa shape index (κ3) is 4.67. The molecule has 0 radical (unpaired) electrons. The zero-order chi connectivity index (χ0) is 20.1. The fourth-order valence-corrected chi connectivity index (χ4v) is 3.79. The van der Waals surface area contributed by atoms with Gasteiger partial charge in [-0.25, -0.2) is 9.97 Å². The van der Waals surface area contributed by atoms with Gasteiger partial charge in [0, 0.05) is 36.7 Å². The summed E-state index contributed by atoms with van der Waals surface area (Å²) in [7, 11) is 1.67. The standard InChI is InChI=1S/C22H27N5O2/c1-17-15-21(25-22(24-17)26-13-11-23-16-26)27-12-3-5-18(27)6-4-14-29-20-9-7-19(28-2)8-10-20/h7-11,13,15-16,18H,3-6,12,14H2,1-2H3. The summed E-state index contributed by atoms with van der Waals surface area (Å²) < 4.78 is 12.9. The molecule has 3 heterocycles. The molecule has 1 aromatic carbocycles. The Hall–Kier alpha value is -3.09. The van der Waals surface area contributed by atoms with Crippen molar-refractivity contribution in [3.05, 3.63) is 54.7 Å². The first-order valence-corrected chi connectivity index (χ1v) is 10.1. The molecule has 1 aliphatic rings. The lowest BCUT2D eigenvalue weighted by atomic mass is 10.1. The molecule has 1 saturated heterocycles. The van der Waals surface area contributed by atoms with E-state index >= 15 is 0 Å². The van der Waals surface area contributed by atoms with Crippen molar-refractivity contribution in [2.24, 2.45) is 0 Å². The molecule has 7 nitrogen and oxygen atoms in total. The van der Waals surface area contributed by atoms with Crippen LogP contribution in [-0.4, -0.2) is 45.8 Å². The molecule has 0 saturated carbocycles. The van der Waals surface area contributed by atoms with Gasteiger partial charge >= 0.3 is 0 Å². The minimum Gasteiger partial charge on any atom is -0.497 e. The molecule has 0 aliphatic carbocycles. The molecule has 152 valence electrons. The lowest BCUT2D eigenvalue weighted by molar-refractivity contribution is 0.300. The topological polar surface area (TPSA) is 65.3 Å². The summed E-state index contributed by atoms with van der Waals surface area (Å²) >= 11 is 0. The number of benzene rings is 1. The van der Waals surface area contributed by atoms with Gasteiger partial charge in [-0.1, -0.05) is 0 Å². The van der Waals surface area contributed by atoms with Crippen LogP contribution in [0.3, 0.4) is 0 Å². The largest absolute Gasteiger partial charge is 0.497 e. The number of ether oxygens (including phenoxy) is 2. The summed E-state index contributed by atoms with van der Waals surface area (Å²) in [5.41, 5.74) is 0.965. The zero-order valence-electron chi connectivity index (χ0n) is 17.0. The second-order valence-electron chi connectivity index (χ2n) is 7.29. The highest BCUT2D eigenvalue weighted by molar-refractivity contribution is 5.44. The van der Waals surface area contributed by atoms with E-state index in [4.69, 9.17) is 14.5 Å². The van der Waals surface area contributed by atoms with E-state index in [1.807, 2.05) is 42.0 Å². The van der Waals surface area contributed by atoms with E-state index in [0.29, 0.717) is 18.6 Å². The highest BCUT2D eigenvalue weighted by Gasteiger charge is 2.26. The van der Waals surface area contributed by atoms with Crippen LogP contribution < -0.4 is 14.4 Å². The summed E-state index contributed by atoms with van der Waals surface area (Å²) in [4.78, 5) is 15.9. The molecule has 0 N–H and O–H groups in total. The summed E-state index contributed by atoms with van der Waals surface area (Å²) in [6.07, 6.45) is 9.81. The smallest absolute Gasteiger partial charge is 0.237 e. The second-order valence-corrected chi connectivity index (χ2v) is 7.29. The average Bonchev–Trinajstić information content (AvgIpc) is 3.43. The molecule has 0 bridgehead atoms. The third-order valence-electron chi connectivity index (χ3n) is 5.25. The molecule has 3 aromatic rings. The van der Waals surface area contributed by atoms with Crippen LogP contribution in [0.25, 0.3) is 5.95 Å². The molecule has 0 spiro atoms. The van der Waals surface area contributed by atoms with Gasteiger partial charge in [-0.3, -0.25) is 4.57 Å². The van der Waals surface area contributed by atoms with Gasteiger partial charge in [0.2, 0.25) is 5.95 Å². The van der Waals surface area contributed by atoms with Crippen molar-refractivity contribution in [2.45, 2.75) is 38.6 Å². The lowest BCUT2D eigenvalue weighted by Gasteiger charge is -2.26. The van der Waals surface area contributed by atoms with Gasteiger partial charge in [-0.2, -0.15) is 4.98 Å². The Labute approximate surface area is 171 Å². The van der Waals surface area contributed by atoms with Gasteiger partial charge in [-0.15, -0.1) is 0 Å². The van der Waals surface area contributed by atoms with E-state index in [9.17, 15) is 0 Å². The van der Waals surface area contributed by atoms with E-state index in [2.05, 4.69) is 20.9 Å². The number of methoxy groups -OCH3 is 1. The summed E-state index contributed by atoms with van der Waals surface area (Å²) in [6, 6.07) is 10.3. The van der Waals surface area contributed by atoms with Crippen LogP contribution in [0.4, 0.5) is 5.82 Å². The van der Waals surface area contributed by atoms with Gasteiger partial charge in [0.25, 0.3) is 0 Å². The molecule has 1 fully saturated rings. The zero-order valence-corrected chi connectivity index (χ0v) is 17.0. The number of aromatic nitrogens is 4. The SMILES string of the molecule is COc1ccc(OCCCC2CCCN2c2cc(C)nc(-n3ccnc3)n2)cc1. The number of hydrogen-bond donors (Lipinski definition) is 0. The molecule has 4 rings (SSSR count). The van der Waals surface area contributed by atoms with Crippen molar-refractivity contribution in [3.63, 3.8) is 0 Å². The normalized spacial score (nSPS) is 16.2. The molecule has 1 aliphatic heterocycles. The highest BCUT2D eigenvalue weighted by Crippen LogP contribution is 2.28. The molecule has 2 aromatic heterocycles. The predicted molar refractivity (Wildman–Crippen MR) is 112 cm³/mol. The van der Waals surface area contributed by atoms with Gasteiger partial charge in [0.15, 0.2) is 0 Å². The number of imidazole rings is 1. The van der Waals surface area contributed by atoms with Gasteiger partial charge in [-0.05, 0) is 56.9 Å². The van der Waals surface area contributed by atoms with Crippen LogP contribution in [0.1, 0.15) is 31.4 Å². The average molecular weight is 393 g/mol. The Morgan fingerprint density at radius 3 is 2.72 bits per heavy atom. The molecular weight excluding hydrogens is 366 g/mol. The fourth-order valence-electron chi connectivity index (χ4n) is 3.79. The summed E-state index contributed by atoms with van der Waals surface area (Å²) in [5.74, 6) is 3.39. The van der Waals surface area contributed by atoms with Crippen LogP contribution in [0, 0.1) is 6.92 Å². The van der Waals surface area contributed by atoms with Crippen molar-refractivity contribution in [1.82, 2.24) is 19.5 Å². The van der Waals surface area contributed by atoms with Crippen LogP contribution in [0.5, 0.6) is 11.5 Å². The summed E-state index contributed by atoms with van der Waals surface area (Å²) in [5, 5.41) is 0. The first-order chi connectivity index (χ1) is 14.2. The fraction of sp³-hybridized carbons (Fsp3) is 0.409.